The molecular formula is C20H30BrFN2O2Si. The molecule has 1 aromatic carbocycles. The average Bonchev–Trinajstić information content (AvgIpc) is 2.50. The van der Waals surface area contributed by atoms with Crippen molar-refractivity contribution in [3.8, 4) is 0 Å². The molecule has 0 bridgehead atoms. The molecule has 0 spiro atoms. The molecule has 0 radical (unpaired) electrons. The molecule has 7 heteroatoms. The third kappa shape index (κ3) is 5.28. The van der Waals surface area contributed by atoms with E-state index in [1.165, 1.54) is 6.07 Å². The molecule has 0 aliphatic heterocycles. The topological polar surface area (TPSA) is 57.2 Å². The lowest BCUT2D eigenvalue weighted by atomic mass is 10.1. The zero-order chi connectivity index (χ0) is 20.6. The van der Waals surface area contributed by atoms with Crippen LogP contribution in [0, 0.1) is 5.82 Å². The molecule has 1 unspecified atom stereocenters. The van der Waals surface area contributed by atoms with Gasteiger partial charge in [0.2, 0.25) is 0 Å². The summed E-state index contributed by atoms with van der Waals surface area (Å²) in [6.45, 7) is 13.3. The number of pyridine rings is 1. The summed E-state index contributed by atoms with van der Waals surface area (Å²) in [6, 6.07) is 4.70. The highest BCUT2D eigenvalue weighted by atomic mass is 79.9. The van der Waals surface area contributed by atoms with Crippen LogP contribution >= 0.6 is 15.9 Å². The molecule has 2 N–H and O–H groups in total. The number of aromatic nitrogens is 1. The van der Waals surface area contributed by atoms with Crippen molar-refractivity contribution in [2.75, 3.05) is 0 Å². The minimum atomic E-state index is -2.01. The summed E-state index contributed by atoms with van der Waals surface area (Å²) < 4.78 is 22.4. The fourth-order valence-corrected chi connectivity index (χ4v) is 4.53. The van der Waals surface area contributed by atoms with Gasteiger partial charge in [0.05, 0.1) is 22.5 Å². The molecule has 0 saturated heterocycles. The number of halogens is 2. The first-order valence-corrected chi connectivity index (χ1v) is 12.9. The van der Waals surface area contributed by atoms with Gasteiger partial charge in [-0.15, -0.1) is 0 Å². The lowest BCUT2D eigenvalue weighted by Gasteiger charge is -2.39. The Labute approximate surface area is 170 Å². The zero-order valence-electron chi connectivity index (χ0n) is 17.0. The van der Waals surface area contributed by atoms with E-state index in [2.05, 4.69) is 49.8 Å². The van der Waals surface area contributed by atoms with Crippen LogP contribution in [0.15, 0.2) is 33.7 Å². The number of nitrogens with two attached hydrogens (primary N) is 1. The second-order valence-electron chi connectivity index (χ2n) is 8.84. The van der Waals surface area contributed by atoms with E-state index in [4.69, 9.17) is 10.2 Å². The van der Waals surface area contributed by atoms with Crippen LogP contribution in [0.3, 0.4) is 0 Å². The molecule has 2 atom stereocenters. The van der Waals surface area contributed by atoms with Crippen molar-refractivity contribution in [2.24, 2.45) is 5.73 Å². The summed E-state index contributed by atoms with van der Waals surface area (Å²) in [4.78, 5) is 12.9. The molecule has 1 aromatic heterocycles. The molecule has 0 fully saturated rings. The summed E-state index contributed by atoms with van der Waals surface area (Å²) in [5, 5.41) is 1.14. The molecule has 4 nitrogen and oxygen atoms in total. The van der Waals surface area contributed by atoms with Gasteiger partial charge in [-0.2, -0.15) is 0 Å². The van der Waals surface area contributed by atoms with E-state index in [1.54, 1.807) is 16.8 Å². The standard InChI is InChI=1S/C20H30BrFN2O2Si/c1-13(23)9-15(26-27(5,6)20(2,3)4)12-24-8-7-14-10-17(21)18(22)11-16(14)19(24)25/h7-8,10-11,13,15H,9,12,23H2,1-6H3/t13-,15?/m0/s1. The van der Waals surface area contributed by atoms with Crippen LogP contribution < -0.4 is 11.3 Å². The minimum absolute atomic E-state index is 0.0377. The van der Waals surface area contributed by atoms with Gasteiger partial charge in [-0.1, -0.05) is 20.8 Å². The number of hydrogen-bond donors (Lipinski definition) is 1. The van der Waals surface area contributed by atoms with Crippen LogP contribution in [0.5, 0.6) is 0 Å². The van der Waals surface area contributed by atoms with Crippen molar-refractivity contribution >= 4 is 35.0 Å². The van der Waals surface area contributed by atoms with Gasteiger partial charge in [0.1, 0.15) is 5.82 Å². The van der Waals surface area contributed by atoms with Crippen molar-refractivity contribution in [3.05, 3.63) is 45.0 Å². The van der Waals surface area contributed by atoms with Crippen LogP contribution in [0.25, 0.3) is 10.8 Å². The Morgan fingerprint density at radius 2 is 1.96 bits per heavy atom. The summed E-state index contributed by atoms with van der Waals surface area (Å²) in [5.74, 6) is -0.443. The molecule has 1 heterocycles. The monoisotopic (exact) mass is 456 g/mol. The Kier molecular flexibility index (Phi) is 6.72. The molecule has 27 heavy (non-hydrogen) atoms. The van der Waals surface area contributed by atoms with Crippen molar-refractivity contribution in [1.29, 1.82) is 0 Å². The van der Waals surface area contributed by atoms with Gasteiger partial charge in [-0.05, 0) is 71.0 Å². The fraction of sp³-hybridized carbons (Fsp3) is 0.550. The number of benzene rings is 1. The van der Waals surface area contributed by atoms with Crippen molar-refractivity contribution in [2.45, 2.75) is 70.9 Å². The molecule has 2 rings (SSSR count). The van der Waals surface area contributed by atoms with Gasteiger partial charge in [0.15, 0.2) is 8.32 Å². The predicted octanol–water partition coefficient (Wildman–Crippen LogP) is 5.03. The number of fused-ring (bicyclic) bond motifs is 1. The second kappa shape index (κ2) is 8.15. The highest BCUT2D eigenvalue weighted by Gasteiger charge is 2.39. The Balaban J connectivity index is 2.38. The molecule has 2 aromatic rings. The SMILES string of the molecule is C[C@H](N)CC(Cn1ccc2cc(Br)c(F)cc2c1=O)O[Si](C)(C)C(C)(C)C. The first-order chi connectivity index (χ1) is 12.3. The summed E-state index contributed by atoms with van der Waals surface area (Å²) in [6.07, 6.45) is 2.24. The first-order valence-electron chi connectivity index (χ1n) is 9.23. The number of nitrogens with zero attached hydrogens (tertiary/aromatic N) is 1. The lowest BCUT2D eigenvalue weighted by Crippen LogP contribution is -2.46. The van der Waals surface area contributed by atoms with E-state index in [0.29, 0.717) is 28.2 Å². The van der Waals surface area contributed by atoms with Crippen LogP contribution in [-0.2, 0) is 11.0 Å². The maximum absolute atomic E-state index is 13.9. The Morgan fingerprint density at radius 3 is 2.52 bits per heavy atom. The largest absolute Gasteiger partial charge is 0.412 e. The van der Waals surface area contributed by atoms with E-state index >= 15 is 0 Å². The summed E-state index contributed by atoms with van der Waals surface area (Å²) in [7, 11) is -2.01. The Morgan fingerprint density at radius 1 is 1.33 bits per heavy atom. The van der Waals surface area contributed by atoms with Crippen molar-refractivity contribution in [1.82, 2.24) is 4.57 Å². The fourth-order valence-electron chi connectivity index (χ4n) is 2.81. The summed E-state index contributed by atoms with van der Waals surface area (Å²) in [5.41, 5.74) is 5.82. The molecular weight excluding hydrogens is 427 g/mol. The molecule has 150 valence electrons. The normalized spacial score (nSPS) is 15.1. The Hall–Kier alpha value is -1.02. The maximum Gasteiger partial charge on any atom is 0.258 e. The van der Waals surface area contributed by atoms with E-state index in [0.717, 1.165) is 0 Å². The lowest BCUT2D eigenvalue weighted by molar-refractivity contribution is 0.144. The van der Waals surface area contributed by atoms with Gasteiger partial charge in [0, 0.05) is 12.2 Å². The smallest absolute Gasteiger partial charge is 0.258 e. The van der Waals surface area contributed by atoms with Crippen LogP contribution in [0.2, 0.25) is 18.1 Å². The first kappa shape index (κ1) is 22.3. The highest BCUT2D eigenvalue weighted by molar-refractivity contribution is 9.10. The van der Waals surface area contributed by atoms with Crippen molar-refractivity contribution in [3.63, 3.8) is 0 Å². The highest BCUT2D eigenvalue weighted by Crippen LogP contribution is 2.37. The zero-order valence-corrected chi connectivity index (χ0v) is 19.6. The van der Waals surface area contributed by atoms with E-state index in [-0.39, 0.29) is 22.7 Å². The quantitative estimate of drug-likeness (QED) is 0.619. The molecule has 0 saturated carbocycles. The second-order valence-corrected chi connectivity index (χ2v) is 14.5. The van der Waals surface area contributed by atoms with E-state index < -0.39 is 14.1 Å². The van der Waals surface area contributed by atoms with Gasteiger partial charge in [-0.3, -0.25) is 4.79 Å². The van der Waals surface area contributed by atoms with Gasteiger partial charge < -0.3 is 14.7 Å². The van der Waals surface area contributed by atoms with Gasteiger partial charge in [0.25, 0.3) is 5.56 Å². The number of hydrogen-bond acceptors (Lipinski definition) is 3. The maximum atomic E-state index is 13.9. The minimum Gasteiger partial charge on any atom is -0.412 e. The van der Waals surface area contributed by atoms with E-state index in [1.807, 2.05) is 13.0 Å². The van der Waals surface area contributed by atoms with Crippen LogP contribution in [-0.4, -0.2) is 25.0 Å². The number of rotatable bonds is 6. The molecule has 0 aliphatic rings. The summed E-state index contributed by atoms with van der Waals surface area (Å²) >= 11 is 3.17. The van der Waals surface area contributed by atoms with Gasteiger partial charge >= 0.3 is 0 Å². The van der Waals surface area contributed by atoms with Gasteiger partial charge in [-0.25, -0.2) is 4.39 Å². The third-order valence-electron chi connectivity index (χ3n) is 5.32. The van der Waals surface area contributed by atoms with Crippen molar-refractivity contribution < 1.29 is 8.82 Å². The van der Waals surface area contributed by atoms with E-state index in [9.17, 15) is 9.18 Å². The average molecular weight is 457 g/mol. The predicted molar refractivity (Wildman–Crippen MR) is 116 cm³/mol. The van der Waals surface area contributed by atoms with Crippen LogP contribution in [0.1, 0.15) is 34.1 Å². The van der Waals surface area contributed by atoms with Crippen LogP contribution in [0.4, 0.5) is 4.39 Å². The Bertz CT molecular complexity index is 875. The molecule has 0 aliphatic carbocycles. The third-order valence-corrected chi connectivity index (χ3v) is 10.5. The molecule has 0 amide bonds.